The lowest BCUT2D eigenvalue weighted by Gasteiger charge is -2.10. The van der Waals surface area contributed by atoms with E-state index < -0.39 is 0 Å². The second-order valence-corrected chi connectivity index (χ2v) is 4.87. The number of nitrogens with two attached hydrogens (primary N) is 2. The highest BCUT2D eigenvalue weighted by Crippen LogP contribution is 2.23. The molecule has 17 heavy (non-hydrogen) atoms. The molecule has 5 N–H and O–H groups in total. The van der Waals surface area contributed by atoms with Crippen molar-refractivity contribution in [1.29, 1.82) is 0 Å². The van der Waals surface area contributed by atoms with Gasteiger partial charge in [-0.3, -0.25) is 4.79 Å². The maximum atomic E-state index is 13.3. The van der Waals surface area contributed by atoms with E-state index in [2.05, 4.69) is 5.32 Å². The van der Waals surface area contributed by atoms with Crippen molar-refractivity contribution in [2.75, 3.05) is 17.6 Å². The minimum absolute atomic E-state index is 0.292. The van der Waals surface area contributed by atoms with E-state index in [1.54, 1.807) is 6.07 Å². The van der Waals surface area contributed by atoms with Gasteiger partial charge in [0, 0.05) is 19.0 Å². The van der Waals surface area contributed by atoms with Crippen LogP contribution in [0.15, 0.2) is 12.1 Å². The first-order chi connectivity index (χ1) is 8.00. The largest absolute Gasteiger partial charge is 0.397 e. The molecule has 0 saturated heterocycles. The number of amides is 1. The van der Waals surface area contributed by atoms with E-state index in [0.717, 1.165) is 12.8 Å². The van der Waals surface area contributed by atoms with Gasteiger partial charge in [-0.05, 0) is 41.5 Å². The highest BCUT2D eigenvalue weighted by molar-refractivity contribution is 14.1. The van der Waals surface area contributed by atoms with Crippen LogP contribution in [0.5, 0.6) is 0 Å². The Bertz CT molecular complexity index is 412. The minimum Gasteiger partial charge on any atom is -0.397 e. The summed E-state index contributed by atoms with van der Waals surface area (Å²) in [5.74, 6) is -0.593. The fraction of sp³-hybridized carbons (Fsp3) is 0.364. The Morgan fingerprint density at radius 3 is 2.76 bits per heavy atom. The topological polar surface area (TPSA) is 81.1 Å². The summed E-state index contributed by atoms with van der Waals surface area (Å²) in [6, 6.07) is 2.97. The van der Waals surface area contributed by atoms with Crippen LogP contribution in [0.4, 0.5) is 15.8 Å². The molecule has 0 aliphatic heterocycles. The van der Waals surface area contributed by atoms with Gasteiger partial charge in [0.15, 0.2) is 0 Å². The molecule has 4 nitrogen and oxygen atoms in total. The molecule has 0 aromatic heterocycles. The van der Waals surface area contributed by atoms with Gasteiger partial charge in [-0.2, -0.15) is 0 Å². The van der Waals surface area contributed by atoms with Crippen LogP contribution in [0.25, 0.3) is 0 Å². The molecule has 0 unspecified atom stereocenters. The predicted molar refractivity (Wildman–Crippen MR) is 75.1 cm³/mol. The molecule has 1 aromatic rings. The molecule has 0 aliphatic carbocycles. The molecular weight excluding hydrogens is 336 g/mol. The number of carbonyl (C=O) groups excluding carboxylic acids is 1. The second kappa shape index (κ2) is 6.63. The Kier molecular flexibility index (Phi) is 5.46. The first-order valence-electron chi connectivity index (χ1n) is 5.27. The monoisotopic (exact) mass is 351 g/mol. The Morgan fingerprint density at radius 1 is 1.41 bits per heavy atom. The van der Waals surface area contributed by atoms with Crippen molar-refractivity contribution in [3.8, 4) is 0 Å². The lowest BCUT2D eigenvalue weighted by Crippen LogP contribution is -2.11. The fourth-order valence-electron chi connectivity index (χ4n) is 1.36. The molecule has 0 bridgehead atoms. The van der Waals surface area contributed by atoms with Crippen molar-refractivity contribution in [2.45, 2.75) is 19.3 Å². The summed E-state index contributed by atoms with van der Waals surface area (Å²) in [7, 11) is 0. The predicted octanol–water partition coefficient (Wildman–Crippen LogP) is 2.08. The highest BCUT2D eigenvalue weighted by Gasteiger charge is 2.05. The summed E-state index contributed by atoms with van der Waals surface area (Å²) in [5, 5.41) is 3.03. The van der Waals surface area contributed by atoms with Gasteiger partial charge < -0.3 is 16.8 Å². The molecule has 1 amide bonds. The van der Waals surface area contributed by atoms with Gasteiger partial charge in [-0.15, -0.1) is 0 Å². The van der Waals surface area contributed by atoms with Gasteiger partial charge >= 0.3 is 0 Å². The maximum absolute atomic E-state index is 13.3. The van der Waals surface area contributed by atoms with Gasteiger partial charge in [0.1, 0.15) is 5.82 Å². The second-order valence-electron chi connectivity index (χ2n) is 3.70. The minimum atomic E-state index is -0.301. The van der Waals surface area contributed by atoms with Gasteiger partial charge in [0.25, 0.3) is 0 Å². The molecule has 0 aliphatic rings. The Morgan fingerprint density at radius 2 is 2.12 bits per heavy atom. The average molecular weight is 351 g/mol. The van der Waals surface area contributed by atoms with E-state index >= 15 is 0 Å². The van der Waals surface area contributed by atoms with E-state index in [1.165, 1.54) is 6.07 Å². The number of unbranched alkanes of at least 4 members (excludes halogenated alkanes) is 1. The first kappa shape index (κ1) is 14.0. The van der Waals surface area contributed by atoms with E-state index in [4.69, 9.17) is 11.5 Å². The Balaban J connectivity index is 2.41. The third kappa shape index (κ3) is 4.76. The number of halogens is 2. The summed E-state index contributed by atoms with van der Waals surface area (Å²) in [6.07, 6.45) is 1.88. The maximum Gasteiger partial charge on any atom is 0.217 e. The number of hydrogen-bond donors (Lipinski definition) is 3. The van der Waals surface area contributed by atoms with E-state index in [-0.39, 0.29) is 11.7 Å². The van der Waals surface area contributed by atoms with Crippen LogP contribution in [-0.2, 0) is 4.79 Å². The van der Waals surface area contributed by atoms with Crippen molar-refractivity contribution < 1.29 is 9.18 Å². The number of anilines is 2. The molecule has 1 aromatic carbocycles. The van der Waals surface area contributed by atoms with Crippen molar-refractivity contribution in [1.82, 2.24) is 0 Å². The molecule has 1 rings (SSSR count). The molecule has 0 spiro atoms. The normalized spacial score (nSPS) is 10.2. The lowest BCUT2D eigenvalue weighted by atomic mass is 10.2. The van der Waals surface area contributed by atoms with Gasteiger partial charge in [-0.1, -0.05) is 0 Å². The fourth-order valence-corrected chi connectivity index (χ4v) is 1.85. The molecule has 0 heterocycles. The van der Waals surface area contributed by atoms with Crippen molar-refractivity contribution >= 4 is 39.9 Å². The Hall–Kier alpha value is -1.05. The number of carbonyl (C=O) groups is 1. The van der Waals surface area contributed by atoms with Crippen molar-refractivity contribution in [2.24, 2.45) is 5.73 Å². The highest BCUT2D eigenvalue weighted by atomic mass is 127. The third-order valence-electron chi connectivity index (χ3n) is 2.26. The Labute approximate surface area is 113 Å². The molecule has 6 heteroatoms. The standard InChI is InChI=1S/C11H15FIN3O/c12-7-5-10(9(14)6-8(7)13)16-4-2-1-3-11(15)17/h5-6,16H,1-4,14H2,(H2,15,17). The van der Waals surface area contributed by atoms with E-state index in [9.17, 15) is 9.18 Å². The zero-order valence-corrected chi connectivity index (χ0v) is 11.5. The van der Waals surface area contributed by atoms with Gasteiger partial charge in [-0.25, -0.2) is 4.39 Å². The summed E-state index contributed by atoms with van der Waals surface area (Å²) >= 11 is 1.89. The van der Waals surface area contributed by atoms with Crippen LogP contribution >= 0.6 is 22.6 Å². The number of rotatable bonds is 6. The summed E-state index contributed by atoms with van der Waals surface area (Å²) in [6.45, 7) is 0.636. The SMILES string of the molecule is NC(=O)CCCCNc1cc(F)c(I)cc1N. The summed E-state index contributed by atoms with van der Waals surface area (Å²) < 4.78 is 13.8. The average Bonchev–Trinajstić information content (AvgIpc) is 2.24. The van der Waals surface area contributed by atoms with Crippen LogP contribution in [-0.4, -0.2) is 12.5 Å². The van der Waals surface area contributed by atoms with Gasteiger partial charge in [0.2, 0.25) is 5.91 Å². The molecular formula is C11H15FIN3O. The van der Waals surface area contributed by atoms with Crippen LogP contribution in [0, 0.1) is 9.39 Å². The van der Waals surface area contributed by atoms with Crippen LogP contribution in [0.1, 0.15) is 19.3 Å². The van der Waals surface area contributed by atoms with Gasteiger partial charge in [0.05, 0.1) is 14.9 Å². The van der Waals surface area contributed by atoms with E-state index in [0.29, 0.717) is 27.9 Å². The molecule has 0 atom stereocenters. The molecule has 0 radical (unpaired) electrons. The molecule has 0 fully saturated rings. The van der Waals surface area contributed by atoms with Crippen LogP contribution in [0.3, 0.4) is 0 Å². The lowest BCUT2D eigenvalue weighted by molar-refractivity contribution is -0.118. The smallest absolute Gasteiger partial charge is 0.217 e. The quantitative estimate of drug-likeness (QED) is 0.417. The van der Waals surface area contributed by atoms with Crippen molar-refractivity contribution in [3.05, 3.63) is 21.5 Å². The number of nitrogen functional groups attached to an aromatic ring is 1. The number of hydrogen-bond acceptors (Lipinski definition) is 3. The zero-order chi connectivity index (χ0) is 12.8. The molecule has 94 valence electrons. The van der Waals surface area contributed by atoms with Crippen LogP contribution < -0.4 is 16.8 Å². The molecule has 0 saturated carbocycles. The zero-order valence-electron chi connectivity index (χ0n) is 9.30. The van der Waals surface area contributed by atoms with Crippen molar-refractivity contribution in [3.63, 3.8) is 0 Å². The number of nitrogens with one attached hydrogen (secondary N) is 1. The number of benzene rings is 1. The summed E-state index contributed by atoms with van der Waals surface area (Å²) in [5.41, 5.74) is 11.9. The third-order valence-corrected chi connectivity index (χ3v) is 3.08. The van der Waals surface area contributed by atoms with Crippen LogP contribution in [0.2, 0.25) is 0 Å². The van der Waals surface area contributed by atoms with E-state index in [1.807, 2.05) is 22.6 Å². The first-order valence-corrected chi connectivity index (χ1v) is 6.35. The number of primary amides is 1. The summed E-state index contributed by atoms with van der Waals surface area (Å²) in [4.78, 5) is 10.5.